The maximum atomic E-state index is 13.4. The summed E-state index contributed by atoms with van der Waals surface area (Å²) in [6, 6.07) is 8.03. The maximum Gasteiger partial charge on any atom is 0.254 e. The summed E-state index contributed by atoms with van der Waals surface area (Å²) in [5.41, 5.74) is 2.82. The van der Waals surface area contributed by atoms with Crippen LogP contribution in [0.2, 0.25) is 0 Å². The summed E-state index contributed by atoms with van der Waals surface area (Å²) < 4.78 is 19.4. The van der Waals surface area contributed by atoms with Crippen LogP contribution in [0.4, 0.5) is 4.39 Å². The molecule has 29 heavy (non-hydrogen) atoms. The number of carbonyl (C=O) groups excluding carboxylic acids is 1. The van der Waals surface area contributed by atoms with Crippen LogP contribution in [0.5, 0.6) is 0 Å². The normalized spacial score (nSPS) is 16.6. The second-order valence-corrected chi connectivity index (χ2v) is 7.25. The number of piperidine rings is 1. The van der Waals surface area contributed by atoms with Crippen LogP contribution in [-0.4, -0.2) is 33.9 Å². The smallest absolute Gasteiger partial charge is 0.254 e. The van der Waals surface area contributed by atoms with Gasteiger partial charge in [0.2, 0.25) is 0 Å². The van der Waals surface area contributed by atoms with Gasteiger partial charge < -0.3 is 9.32 Å². The molecule has 1 aromatic carbocycles. The van der Waals surface area contributed by atoms with Crippen LogP contribution < -0.4 is 0 Å². The number of hydrogen-bond acceptors (Lipinski definition) is 4. The highest BCUT2D eigenvalue weighted by molar-refractivity contribution is 5.95. The number of benzene rings is 1. The van der Waals surface area contributed by atoms with Gasteiger partial charge in [-0.25, -0.2) is 9.37 Å². The van der Waals surface area contributed by atoms with Crippen LogP contribution in [0, 0.1) is 12.7 Å². The minimum atomic E-state index is -0.337. The van der Waals surface area contributed by atoms with E-state index in [-0.39, 0.29) is 17.6 Å². The Labute approximate surface area is 168 Å². The number of aryl methyl sites for hydroxylation is 1. The third-order valence-corrected chi connectivity index (χ3v) is 5.29. The first-order valence-electron chi connectivity index (χ1n) is 9.66. The molecule has 0 aliphatic carbocycles. The predicted molar refractivity (Wildman–Crippen MR) is 109 cm³/mol. The third-order valence-electron chi connectivity index (χ3n) is 5.29. The van der Waals surface area contributed by atoms with Crippen molar-refractivity contribution in [2.24, 2.45) is 0 Å². The average molecular weight is 391 g/mol. The lowest BCUT2D eigenvalue weighted by Crippen LogP contribution is -2.39. The lowest BCUT2D eigenvalue weighted by molar-refractivity contribution is 0.0697. The number of carbonyl (C=O) groups is 1. The summed E-state index contributed by atoms with van der Waals surface area (Å²) in [5, 5.41) is 0. The molecule has 1 amide bonds. The number of aromatic nitrogens is 2. The fourth-order valence-corrected chi connectivity index (χ4v) is 3.78. The van der Waals surface area contributed by atoms with E-state index in [1.165, 1.54) is 12.1 Å². The Kier molecular flexibility index (Phi) is 5.25. The van der Waals surface area contributed by atoms with Gasteiger partial charge in [0, 0.05) is 36.6 Å². The zero-order valence-electron chi connectivity index (χ0n) is 16.3. The molecule has 0 unspecified atom stereocenters. The molecule has 3 aromatic rings. The Hall–Kier alpha value is -3.28. The van der Waals surface area contributed by atoms with Crippen molar-refractivity contribution >= 4 is 12.0 Å². The highest BCUT2D eigenvalue weighted by Crippen LogP contribution is 2.32. The van der Waals surface area contributed by atoms with Gasteiger partial charge in [-0.1, -0.05) is 6.58 Å². The molecule has 3 heterocycles. The molecule has 148 valence electrons. The van der Waals surface area contributed by atoms with Crippen LogP contribution in [-0.2, 0) is 0 Å². The highest BCUT2D eigenvalue weighted by Gasteiger charge is 2.30. The second kappa shape index (κ2) is 7.99. The Morgan fingerprint density at radius 3 is 2.83 bits per heavy atom. The summed E-state index contributed by atoms with van der Waals surface area (Å²) in [6.45, 7) is 6.77. The zero-order chi connectivity index (χ0) is 20.4. The quantitative estimate of drug-likeness (QED) is 0.638. The SMILES string of the molecule is C=Cc1oc([C@H]2CCCN(C(=O)c3ccc(F)cc3C)C2)nc1-c1ccncc1. The maximum absolute atomic E-state index is 13.4. The van der Waals surface area contributed by atoms with Gasteiger partial charge in [-0.05, 0) is 61.7 Å². The topological polar surface area (TPSA) is 59.2 Å². The third kappa shape index (κ3) is 3.83. The number of nitrogens with zero attached hydrogens (tertiary/aromatic N) is 3. The number of hydrogen-bond donors (Lipinski definition) is 0. The van der Waals surface area contributed by atoms with E-state index in [2.05, 4.69) is 11.6 Å². The number of pyridine rings is 1. The number of amides is 1. The van der Waals surface area contributed by atoms with Gasteiger partial charge in [-0.15, -0.1) is 0 Å². The zero-order valence-corrected chi connectivity index (χ0v) is 16.3. The van der Waals surface area contributed by atoms with Crippen LogP contribution in [0.3, 0.4) is 0 Å². The molecule has 2 aromatic heterocycles. The van der Waals surface area contributed by atoms with Crippen molar-refractivity contribution in [2.75, 3.05) is 13.1 Å². The molecule has 1 saturated heterocycles. The van der Waals surface area contributed by atoms with E-state index in [4.69, 9.17) is 9.40 Å². The molecule has 0 saturated carbocycles. The fourth-order valence-electron chi connectivity index (χ4n) is 3.78. The number of likely N-dealkylation sites (tertiary alicyclic amines) is 1. The van der Waals surface area contributed by atoms with Gasteiger partial charge in [0.15, 0.2) is 11.7 Å². The Morgan fingerprint density at radius 1 is 1.31 bits per heavy atom. The van der Waals surface area contributed by atoms with E-state index in [0.717, 1.165) is 24.1 Å². The molecule has 0 bridgehead atoms. The van der Waals surface area contributed by atoms with E-state index in [1.54, 1.807) is 36.4 Å². The minimum Gasteiger partial charge on any atom is -0.440 e. The molecular weight excluding hydrogens is 369 g/mol. The van der Waals surface area contributed by atoms with Crippen molar-refractivity contribution in [2.45, 2.75) is 25.7 Å². The van der Waals surface area contributed by atoms with Gasteiger partial charge >= 0.3 is 0 Å². The van der Waals surface area contributed by atoms with Gasteiger partial charge in [-0.3, -0.25) is 9.78 Å². The first-order chi connectivity index (χ1) is 14.1. The number of halogens is 1. The Bertz CT molecular complexity index is 1050. The van der Waals surface area contributed by atoms with E-state index < -0.39 is 0 Å². The number of oxazole rings is 1. The molecule has 0 N–H and O–H groups in total. The molecule has 0 spiro atoms. The van der Waals surface area contributed by atoms with Gasteiger partial charge in [-0.2, -0.15) is 0 Å². The molecule has 5 nitrogen and oxygen atoms in total. The van der Waals surface area contributed by atoms with Crippen molar-refractivity contribution in [3.8, 4) is 11.3 Å². The van der Waals surface area contributed by atoms with Crippen LogP contribution >= 0.6 is 0 Å². The van der Waals surface area contributed by atoms with Gasteiger partial charge in [0.1, 0.15) is 11.5 Å². The average Bonchev–Trinajstić information content (AvgIpc) is 3.19. The van der Waals surface area contributed by atoms with Gasteiger partial charge in [0.05, 0.1) is 5.92 Å². The molecule has 4 rings (SSSR count). The van der Waals surface area contributed by atoms with E-state index in [0.29, 0.717) is 35.9 Å². The van der Waals surface area contributed by atoms with E-state index >= 15 is 0 Å². The van der Waals surface area contributed by atoms with Gasteiger partial charge in [0.25, 0.3) is 5.91 Å². The predicted octanol–water partition coefficient (Wildman–Crippen LogP) is 4.85. The minimum absolute atomic E-state index is 0.00254. The number of rotatable bonds is 4. The lowest BCUT2D eigenvalue weighted by Gasteiger charge is -2.31. The second-order valence-electron chi connectivity index (χ2n) is 7.25. The van der Waals surface area contributed by atoms with Crippen molar-refractivity contribution < 1.29 is 13.6 Å². The van der Waals surface area contributed by atoms with Crippen LogP contribution in [0.25, 0.3) is 17.3 Å². The summed E-state index contributed by atoms with van der Waals surface area (Å²) in [6.07, 6.45) is 6.82. The summed E-state index contributed by atoms with van der Waals surface area (Å²) in [7, 11) is 0. The van der Waals surface area contributed by atoms with Crippen molar-refractivity contribution in [3.05, 3.63) is 77.9 Å². The van der Waals surface area contributed by atoms with Crippen LogP contribution in [0.1, 0.15) is 46.3 Å². The molecule has 1 aliphatic heterocycles. The summed E-state index contributed by atoms with van der Waals surface area (Å²) in [5.74, 6) is 0.805. The van der Waals surface area contributed by atoms with E-state index in [9.17, 15) is 9.18 Å². The van der Waals surface area contributed by atoms with Crippen molar-refractivity contribution in [1.29, 1.82) is 0 Å². The molecule has 6 heteroatoms. The first-order valence-corrected chi connectivity index (χ1v) is 9.66. The first kappa shape index (κ1) is 19.1. The van der Waals surface area contributed by atoms with Crippen LogP contribution in [0.15, 0.2) is 53.7 Å². The Balaban J connectivity index is 1.58. The molecule has 0 radical (unpaired) electrons. The van der Waals surface area contributed by atoms with Crippen molar-refractivity contribution in [1.82, 2.24) is 14.9 Å². The lowest BCUT2D eigenvalue weighted by atomic mass is 9.96. The Morgan fingerprint density at radius 2 is 2.10 bits per heavy atom. The van der Waals surface area contributed by atoms with Crippen molar-refractivity contribution in [3.63, 3.8) is 0 Å². The largest absolute Gasteiger partial charge is 0.440 e. The molecule has 1 atom stereocenters. The standard InChI is InChI=1S/C23H22FN3O2/c1-3-20-21(16-8-10-25-11-9-16)26-22(29-20)17-5-4-12-27(14-17)23(28)19-7-6-18(24)13-15(19)2/h3,6-11,13,17H,1,4-5,12,14H2,2H3/t17-/m0/s1. The summed E-state index contributed by atoms with van der Waals surface area (Å²) in [4.78, 5) is 23.6. The molecule has 1 aliphatic rings. The fraction of sp³-hybridized carbons (Fsp3) is 0.261. The monoisotopic (exact) mass is 391 g/mol. The summed E-state index contributed by atoms with van der Waals surface area (Å²) >= 11 is 0. The molecule has 1 fully saturated rings. The molecular formula is C23H22FN3O2. The van der Waals surface area contributed by atoms with E-state index in [1.807, 2.05) is 12.1 Å². The highest BCUT2D eigenvalue weighted by atomic mass is 19.1.